The minimum Gasteiger partial charge on any atom is -0.445 e. The maximum absolute atomic E-state index is 11.8. The summed E-state index contributed by atoms with van der Waals surface area (Å²) in [6.45, 7) is 1.97. The molecule has 3 rings (SSSR count). The summed E-state index contributed by atoms with van der Waals surface area (Å²) in [6, 6.07) is 14.8. The maximum atomic E-state index is 11.8. The second kappa shape index (κ2) is 7.86. The third-order valence-corrected chi connectivity index (χ3v) is 4.44. The molecule has 1 aliphatic carbocycles. The molecule has 0 heterocycles. The van der Waals surface area contributed by atoms with Crippen LogP contribution in [0.3, 0.4) is 0 Å². The summed E-state index contributed by atoms with van der Waals surface area (Å²) in [4.78, 5) is 22.3. The Kier molecular flexibility index (Phi) is 5.36. The summed E-state index contributed by atoms with van der Waals surface area (Å²) < 4.78 is 5.20. The lowest BCUT2D eigenvalue weighted by Gasteiger charge is -2.36. The fourth-order valence-corrected chi connectivity index (χ4v) is 2.97. The molecule has 7 heteroatoms. The van der Waals surface area contributed by atoms with Gasteiger partial charge in [0.05, 0.1) is 4.92 Å². The number of nitrogens with zero attached hydrogens (tertiary/aromatic N) is 1. The van der Waals surface area contributed by atoms with E-state index >= 15 is 0 Å². The molecule has 0 aliphatic heterocycles. The topological polar surface area (TPSA) is 93.5 Å². The molecule has 136 valence electrons. The molecule has 1 amide bonds. The van der Waals surface area contributed by atoms with E-state index in [9.17, 15) is 14.9 Å². The van der Waals surface area contributed by atoms with Gasteiger partial charge in [0, 0.05) is 29.4 Å². The van der Waals surface area contributed by atoms with Gasteiger partial charge in [0.15, 0.2) is 0 Å². The van der Waals surface area contributed by atoms with Crippen LogP contribution in [0.25, 0.3) is 0 Å². The van der Waals surface area contributed by atoms with Crippen LogP contribution >= 0.6 is 0 Å². The zero-order valence-corrected chi connectivity index (χ0v) is 14.5. The number of hydrogen-bond donors (Lipinski definition) is 2. The van der Waals surface area contributed by atoms with E-state index in [1.54, 1.807) is 19.1 Å². The number of amides is 1. The number of carbonyl (C=O) groups excluding carboxylic acids is 1. The monoisotopic (exact) mass is 355 g/mol. The average molecular weight is 355 g/mol. The van der Waals surface area contributed by atoms with Crippen LogP contribution < -0.4 is 10.6 Å². The number of rotatable bonds is 6. The van der Waals surface area contributed by atoms with Gasteiger partial charge in [-0.3, -0.25) is 10.1 Å². The Morgan fingerprint density at radius 1 is 1.19 bits per heavy atom. The molecule has 7 nitrogen and oxygen atoms in total. The predicted molar refractivity (Wildman–Crippen MR) is 98.0 cm³/mol. The van der Waals surface area contributed by atoms with Crippen molar-refractivity contribution in [1.82, 2.24) is 5.32 Å². The number of hydrogen-bond acceptors (Lipinski definition) is 5. The standard InChI is InChI=1S/C19H21N3O4/c1-13-9-15(7-8-18(13)22(24)25)20-16-10-17(11-16)21-19(23)26-12-14-5-3-2-4-6-14/h2-9,16-17,20H,10-12H2,1H3,(H,21,23). The molecule has 0 atom stereocenters. The summed E-state index contributed by atoms with van der Waals surface area (Å²) in [7, 11) is 0. The third-order valence-electron chi connectivity index (χ3n) is 4.44. The van der Waals surface area contributed by atoms with Gasteiger partial charge in [0.25, 0.3) is 5.69 Å². The van der Waals surface area contributed by atoms with Crippen LogP contribution in [0.15, 0.2) is 48.5 Å². The molecular weight excluding hydrogens is 334 g/mol. The first kappa shape index (κ1) is 17.7. The van der Waals surface area contributed by atoms with Gasteiger partial charge < -0.3 is 15.4 Å². The van der Waals surface area contributed by atoms with Gasteiger partial charge in [-0.05, 0) is 37.5 Å². The largest absolute Gasteiger partial charge is 0.445 e. The molecule has 0 saturated heterocycles. The van der Waals surface area contributed by atoms with Crippen molar-refractivity contribution in [3.05, 3.63) is 69.8 Å². The quantitative estimate of drug-likeness (QED) is 0.608. The van der Waals surface area contributed by atoms with Crippen LogP contribution in [0.2, 0.25) is 0 Å². The van der Waals surface area contributed by atoms with Crippen LogP contribution in [0.5, 0.6) is 0 Å². The zero-order chi connectivity index (χ0) is 18.5. The first-order valence-corrected chi connectivity index (χ1v) is 8.50. The van der Waals surface area contributed by atoms with Crippen molar-refractivity contribution in [2.45, 2.75) is 38.5 Å². The Morgan fingerprint density at radius 3 is 2.58 bits per heavy atom. The summed E-state index contributed by atoms with van der Waals surface area (Å²) in [6.07, 6.45) is 1.16. The van der Waals surface area contributed by atoms with Crippen molar-refractivity contribution in [2.24, 2.45) is 0 Å². The van der Waals surface area contributed by atoms with Crippen molar-refractivity contribution in [2.75, 3.05) is 5.32 Å². The van der Waals surface area contributed by atoms with E-state index in [1.807, 2.05) is 30.3 Å². The van der Waals surface area contributed by atoms with E-state index in [1.165, 1.54) is 6.07 Å². The van der Waals surface area contributed by atoms with Crippen molar-refractivity contribution in [3.63, 3.8) is 0 Å². The summed E-state index contributed by atoms with van der Waals surface area (Å²) >= 11 is 0. The van der Waals surface area contributed by atoms with E-state index < -0.39 is 6.09 Å². The molecule has 1 fully saturated rings. The third kappa shape index (κ3) is 4.50. The lowest BCUT2D eigenvalue weighted by atomic mass is 9.86. The predicted octanol–water partition coefficient (Wildman–Crippen LogP) is 3.77. The molecule has 0 radical (unpaired) electrons. The molecule has 2 aromatic rings. The normalized spacial score (nSPS) is 18.5. The smallest absolute Gasteiger partial charge is 0.407 e. The van der Waals surface area contributed by atoms with E-state index in [2.05, 4.69) is 10.6 Å². The lowest BCUT2D eigenvalue weighted by Crippen LogP contribution is -2.49. The molecular formula is C19H21N3O4. The van der Waals surface area contributed by atoms with E-state index in [0.717, 1.165) is 24.1 Å². The highest BCUT2D eigenvalue weighted by Crippen LogP contribution is 2.27. The SMILES string of the molecule is Cc1cc(NC2CC(NC(=O)OCc3ccccc3)C2)ccc1[N+](=O)[O-]. The van der Waals surface area contributed by atoms with Crippen LogP contribution in [0, 0.1) is 17.0 Å². The fourth-order valence-electron chi connectivity index (χ4n) is 2.97. The highest BCUT2D eigenvalue weighted by molar-refractivity contribution is 5.68. The number of nitro benzene ring substituents is 1. The van der Waals surface area contributed by atoms with Crippen molar-refractivity contribution in [1.29, 1.82) is 0 Å². The number of benzene rings is 2. The summed E-state index contributed by atoms with van der Waals surface area (Å²) in [5.41, 5.74) is 2.54. The number of ether oxygens (including phenoxy) is 1. The van der Waals surface area contributed by atoms with Gasteiger partial charge in [0.2, 0.25) is 0 Å². The molecule has 0 spiro atoms. The van der Waals surface area contributed by atoms with Gasteiger partial charge >= 0.3 is 6.09 Å². The second-order valence-electron chi connectivity index (χ2n) is 6.47. The van der Waals surface area contributed by atoms with Gasteiger partial charge in [-0.25, -0.2) is 4.79 Å². The number of nitrogens with one attached hydrogen (secondary N) is 2. The average Bonchev–Trinajstić information content (AvgIpc) is 2.59. The minimum atomic E-state index is -0.413. The highest BCUT2D eigenvalue weighted by Gasteiger charge is 2.30. The molecule has 0 aromatic heterocycles. The van der Waals surface area contributed by atoms with Crippen LogP contribution in [0.4, 0.5) is 16.2 Å². The molecule has 2 N–H and O–H groups in total. The van der Waals surface area contributed by atoms with Crippen LogP contribution in [0.1, 0.15) is 24.0 Å². The molecule has 26 heavy (non-hydrogen) atoms. The Hall–Kier alpha value is -3.09. The Morgan fingerprint density at radius 2 is 1.92 bits per heavy atom. The number of carbonyl (C=O) groups is 1. The first-order chi connectivity index (χ1) is 12.5. The first-order valence-electron chi connectivity index (χ1n) is 8.50. The van der Waals surface area contributed by atoms with Gasteiger partial charge in [-0.15, -0.1) is 0 Å². The summed E-state index contributed by atoms with van der Waals surface area (Å²) in [5, 5.41) is 17.0. The van der Waals surface area contributed by atoms with E-state index in [0.29, 0.717) is 5.56 Å². The molecule has 1 aliphatic rings. The van der Waals surface area contributed by atoms with Crippen molar-refractivity contribution >= 4 is 17.5 Å². The molecule has 0 unspecified atom stereocenters. The Labute approximate surface area is 151 Å². The molecule has 0 bridgehead atoms. The van der Waals surface area contributed by atoms with E-state index in [4.69, 9.17) is 4.74 Å². The van der Waals surface area contributed by atoms with Gasteiger partial charge in [-0.1, -0.05) is 30.3 Å². The Balaban J connectivity index is 1.39. The van der Waals surface area contributed by atoms with Crippen molar-refractivity contribution in [3.8, 4) is 0 Å². The molecule has 2 aromatic carbocycles. The summed E-state index contributed by atoms with van der Waals surface area (Å²) in [5.74, 6) is 0. The minimum absolute atomic E-state index is 0.0786. The Bertz CT molecular complexity index is 789. The number of anilines is 1. The van der Waals surface area contributed by atoms with Crippen LogP contribution in [-0.4, -0.2) is 23.1 Å². The maximum Gasteiger partial charge on any atom is 0.407 e. The lowest BCUT2D eigenvalue weighted by molar-refractivity contribution is -0.385. The van der Waals surface area contributed by atoms with E-state index in [-0.39, 0.29) is 29.3 Å². The van der Waals surface area contributed by atoms with Gasteiger partial charge in [0.1, 0.15) is 6.61 Å². The van der Waals surface area contributed by atoms with Crippen molar-refractivity contribution < 1.29 is 14.5 Å². The van der Waals surface area contributed by atoms with Gasteiger partial charge in [-0.2, -0.15) is 0 Å². The number of nitro groups is 1. The fraction of sp³-hybridized carbons (Fsp3) is 0.316. The molecule has 1 saturated carbocycles. The highest BCUT2D eigenvalue weighted by atomic mass is 16.6. The number of aryl methyl sites for hydroxylation is 1. The zero-order valence-electron chi connectivity index (χ0n) is 14.5. The number of alkyl carbamates (subject to hydrolysis) is 1. The van der Waals surface area contributed by atoms with Crippen LogP contribution in [-0.2, 0) is 11.3 Å². The second-order valence-corrected chi connectivity index (χ2v) is 6.47.